The van der Waals surface area contributed by atoms with E-state index < -0.39 is 0 Å². The summed E-state index contributed by atoms with van der Waals surface area (Å²) >= 11 is 6.01. The van der Waals surface area contributed by atoms with Crippen molar-refractivity contribution in [1.29, 1.82) is 0 Å². The number of halogens is 1. The predicted octanol–water partition coefficient (Wildman–Crippen LogP) is 2.33. The first-order chi connectivity index (χ1) is 10.0. The fraction of sp³-hybridized carbons (Fsp3) is 0.600. The SMILES string of the molecule is CCNc1cc(C(=O)N2CCN(CC)C(C)C2)cc(Cl)n1. The minimum atomic E-state index is 0.0288. The van der Waals surface area contributed by atoms with Crippen LogP contribution in [0.5, 0.6) is 0 Å². The van der Waals surface area contributed by atoms with E-state index in [2.05, 4.69) is 29.0 Å². The smallest absolute Gasteiger partial charge is 0.254 e. The lowest BCUT2D eigenvalue weighted by molar-refractivity contribution is 0.0528. The fourth-order valence-corrected chi connectivity index (χ4v) is 2.93. The number of hydrogen-bond donors (Lipinski definition) is 1. The Morgan fingerprint density at radius 2 is 2.19 bits per heavy atom. The van der Waals surface area contributed by atoms with Crippen LogP contribution in [0.15, 0.2) is 12.1 Å². The van der Waals surface area contributed by atoms with Crippen molar-refractivity contribution < 1.29 is 4.79 Å². The van der Waals surface area contributed by atoms with Crippen LogP contribution in [-0.2, 0) is 0 Å². The summed E-state index contributed by atoms with van der Waals surface area (Å²) in [6.07, 6.45) is 0. The molecule has 1 unspecified atom stereocenters. The maximum absolute atomic E-state index is 12.6. The topological polar surface area (TPSA) is 48.5 Å². The molecule has 1 N–H and O–H groups in total. The van der Waals surface area contributed by atoms with E-state index in [1.165, 1.54) is 0 Å². The highest BCUT2D eigenvalue weighted by Gasteiger charge is 2.26. The molecule has 116 valence electrons. The molecule has 1 aliphatic rings. The molecule has 0 saturated carbocycles. The number of nitrogens with zero attached hydrogens (tertiary/aromatic N) is 3. The highest BCUT2D eigenvalue weighted by molar-refractivity contribution is 6.29. The molecule has 5 nitrogen and oxygen atoms in total. The van der Waals surface area contributed by atoms with E-state index in [1.807, 2.05) is 11.8 Å². The zero-order chi connectivity index (χ0) is 15.4. The summed E-state index contributed by atoms with van der Waals surface area (Å²) in [7, 11) is 0. The second-order valence-corrected chi connectivity index (χ2v) is 5.71. The quantitative estimate of drug-likeness (QED) is 0.867. The molecule has 1 saturated heterocycles. The van der Waals surface area contributed by atoms with Crippen LogP contribution in [0, 0.1) is 0 Å². The number of amides is 1. The second-order valence-electron chi connectivity index (χ2n) is 5.32. The highest BCUT2D eigenvalue weighted by Crippen LogP contribution is 2.18. The number of anilines is 1. The van der Waals surface area contributed by atoms with E-state index in [0.717, 1.165) is 32.7 Å². The Labute approximate surface area is 131 Å². The van der Waals surface area contributed by atoms with Gasteiger partial charge >= 0.3 is 0 Å². The minimum absolute atomic E-state index is 0.0288. The maximum atomic E-state index is 12.6. The van der Waals surface area contributed by atoms with Crippen molar-refractivity contribution >= 4 is 23.3 Å². The molecule has 0 bridgehead atoms. The fourth-order valence-electron chi connectivity index (χ4n) is 2.72. The van der Waals surface area contributed by atoms with Crippen molar-refractivity contribution in [3.8, 4) is 0 Å². The molecule has 6 heteroatoms. The average Bonchev–Trinajstić information content (AvgIpc) is 2.46. The lowest BCUT2D eigenvalue weighted by atomic mass is 10.1. The molecule has 1 amide bonds. The number of piperazine rings is 1. The van der Waals surface area contributed by atoms with Crippen LogP contribution in [0.1, 0.15) is 31.1 Å². The molecule has 0 spiro atoms. The van der Waals surface area contributed by atoms with Crippen molar-refractivity contribution in [2.45, 2.75) is 26.8 Å². The monoisotopic (exact) mass is 310 g/mol. The van der Waals surface area contributed by atoms with Gasteiger partial charge in [0.1, 0.15) is 11.0 Å². The predicted molar refractivity (Wildman–Crippen MR) is 86.0 cm³/mol. The Morgan fingerprint density at radius 1 is 1.43 bits per heavy atom. The van der Waals surface area contributed by atoms with Crippen LogP contribution in [0.3, 0.4) is 0 Å². The summed E-state index contributed by atoms with van der Waals surface area (Å²) in [6, 6.07) is 3.80. The van der Waals surface area contributed by atoms with Crippen molar-refractivity contribution in [3.63, 3.8) is 0 Å². The van der Waals surface area contributed by atoms with Crippen LogP contribution >= 0.6 is 11.6 Å². The molecular weight excluding hydrogens is 288 g/mol. The summed E-state index contributed by atoms with van der Waals surface area (Å²) in [4.78, 5) is 21.1. The third-order valence-electron chi connectivity index (χ3n) is 3.86. The molecule has 1 aromatic heterocycles. The van der Waals surface area contributed by atoms with Crippen LogP contribution < -0.4 is 5.32 Å². The van der Waals surface area contributed by atoms with E-state index in [-0.39, 0.29) is 5.91 Å². The summed E-state index contributed by atoms with van der Waals surface area (Å²) in [5.74, 6) is 0.676. The number of hydrogen-bond acceptors (Lipinski definition) is 4. The van der Waals surface area contributed by atoms with Crippen molar-refractivity contribution in [1.82, 2.24) is 14.8 Å². The molecule has 0 radical (unpaired) electrons. The van der Waals surface area contributed by atoms with Gasteiger partial charge in [-0.3, -0.25) is 9.69 Å². The zero-order valence-corrected chi connectivity index (χ0v) is 13.7. The lowest BCUT2D eigenvalue weighted by Gasteiger charge is -2.39. The third-order valence-corrected chi connectivity index (χ3v) is 4.05. The van der Waals surface area contributed by atoms with E-state index in [9.17, 15) is 4.79 Å². The number of pyridine rings is 1. The van der Waals surface area contributed by atoms with Crippen molar-refractivity contribution in [2.24, 2.45) is 0 Å². The van der Waals surface area contributed by atoms with Crippen molar-refractivity contribution in [2.75, 3.05) is 38.0 Å². The van der Waals surface area contributed by atoms with Crippen molar-refractivity contribution in [3.05, 3.63) is 22.8 Å². The molecule has 0 aromatic carbocycles. The minimum Gasteiger partial charge on any atom is -0.370 e. The number of likely N-dealkylation sites (N-methyl/N-ethyl adjacent to an activating group) is 1. The lowest BCUT2D eigenvalue weighted by Crippen LogP contribution is -2.53. The summed E-state index contributed by atoms with van der Waals surface area (Å²) in [5, 5.41) is 3.44. The van der Waals surface area contributed by atoms with E-state index in [4.69, 9.17) is 11.6 Å². The van der Waals surface area contributed by atoms with Gasteiger partial charge in [-0.2, -0.15) is 0 Å². The Morgan fingerprint density at radius 3 is 2.81 bits per heavy atom. The Hall–Kier alpha value is -1.33. The normalized spacial score (nSPS) is 19.6. The molecule has 2 heterocycles. The van der Waals surface area contributed by atoms with Gasteiger partial charge < -0.3 is 10.2 Å². The van der Waals surface area contributed by atoms with Gasteiger partial charge in [0.25, 0.3) is 5.91 Å². The van der Waals surface area contributed by atoms with Crippen LogP contribution in [0.4, 0.5) is 5.82 Å². The first-order valence-corrected chi connectivity index (χ1v) is 7.87. The maximum Gasteiger partial charge on any atom is 0.254 e. The molecule has 1 aliphatic heterocycles. The first-order valence-electron chi connectivity index (χ1n) is 7.50. The summed E-state index contributed by atoms with van der Waals surface area (Å²) in [5.41, 5.74) is 0.600. The van der Waals surface area contributed by atoms with Crippen LogP contribution in [0.2, 0.25) is 5.15 Å². The van der Waals surface area contributed by atoms with Gasteiger partial charge in [-0.25, -0.2) is 4.98 Å². The molecule has 2 rings (SSSR count). The van der Waals surface area contributed by atoms with Gasteiger partial charge in [-0.15, -0.1) is 0 Å². The molecule has 21 heavy (non-hydrogen) atoms. The number of aromatic nitrogens is 1. The standard InChI is InChI=1S/C15H23ClN4O/c1-4-17-14-9-12(8-13(16)18-14)15(21)20-7-6-19(5-2)11(3)10-20/h8-9,11H,4-7,10H2,1-3H3,(H,17,18). The molecule has 1 atom stereocenters. The third kappa shape index (κ3) is 3.86. The van der Waals surface area contributed by atoms with E-state index in [0.29, 0.717) is 22.6 Å². The van der Waals surface area contributed by atoms with E-state index >= 15 is 0 Å². The molecular formula is C15H23ClN4O. The average molecular weight is 311 g/mol. The van der Waals surface area contributed by atoms with E-state index in [1.54, 1.807) is 12.1 Å². The number of rotatable bonds is 4. The Bertz CT molecular complexity index is 508. The first kappa shape index (κ1) is 16.0. The second kappa shape index (κ2) is 7.09. The number of carbonyl (C=O) groups excluding carboxylic acids is 1. The number of carbonyl (C=O) groups is 1. The zero-order valence-electron chi connectivity index (χ0n) is 12.9. The van der Waals surface area contributed by atoms with Gasteiger partial charge in [0.2, 0.25) is 0 Å². The highest BCUT2D eigenvalue weighted by atomic mass is 35.5. The molecule has 1 fully saturated rings. The number of nitrogens with one attached hydrogen (secondary N) is 1. The van der Waals surface area contributed by atoms with Crippen LogP contribution in [-0.4, -0.2) is 59.5 Å². The van der Waals surface area contributed by atoms with Gasteiger partial charge in [0.05, 0.1) is 0 Å². The molecule has 0 aliphatic carbocycles. The molecule has 1 aromatic rings. The Kier molecular flexibility index (Phi) is 5.42. The van der Waals surface area contributed by atoms with Gasteiger partial charge in [0.15, 0.2) is 0 Å². The van der Waals surface area contributed by atoms with Gasteiger partial charge in [-0.05, 0) is 32.5 Å². The van der Waals surface area contributed by atoms with Gasteiger partial charge in [0, 0.05) is 37.8 Å². The summed E-state index contributed by atoms with van der Waals surface area (Å²) < 4.78 is 0. The Balaban J connectivity index is 2.13. The summed E-state index contributed by atoms with van der Waals surface area (Å²) in [6.45, 7) is 10.5. The van der Waals surface area contributed by atoms with Crippen LogP contribution in [0.25, 0.3) is 0 Å². The van der Waals surface area contributed by atoms with Gasteiger partial charge in [-0.1, -0.05) is 18.5 Å². The largest absolute Gasteiger partial charge is 0.370 e.